The minimum absolute atomic E-state index is 0.563. The summed E-state index contributed by atoms with van der Waals surface area (Å²) in [6, 6.07) is 8.92. The van der Waals surface area contributed by atoms with Crippen LogP contribution in [0.3, 0.4) is 0 Å². The van der Waals surface area contributed by atoms with Gasteiger partial charge in [0.25, 0.3) is 0 Å². The number of hydrogen-bond acceptors (Lipinski definition) is 2. The quantitative estimate of drug-likeness (QED) is 0.654. The van der Waals surface area contributed by atoms with E-state index in [0.29, 0.717) is 6.04 Å². The average molecular weight is 296 g/mol. The first-order chi connectivity index (χ1) is 9.22. The van der Waals surface area contributed by atoms with Crippen LogP contribution < -0.4 is 5.32 Å². The van der Waals surface area contributed by atoms with E-state index >= 15 is 0 Å². The van der Waals surface area contributed by atoms with Gasteiger partial charge in [-0.15, -0.1) is 11.3 Å². The highest BCUT2D eigenvalue weighted by molar-refractivity contribution is 7.19. The van der Waals surface area contributed by atoms with Gasteiger partial charge in [0.15, 0.2) is 0 Å². The number of halogens is 1. The summed E-state index contributed by atoms with van der Waals surface area (Å²) >= 11 is 8.24. The van der Waals surface area contributed by atoms with Crippen molar-refractivity contribution >= 4 is 33.0 Å². The SMILES string of the molecule is CCCCCC(C)NCc1sc2ccccc2c1Cl. The molecule has 1 aromatic heterocycles. The van der Waals surface area contributed by atoms with E-state index in [-0.39, 0.29) is 0 Å². The Labute approximate surface area is 125 Å². The van der Waals surface area contributed by atoms with Crippen molar-refractivity contribution in [2.75, 3.05) is 0 Å². The molecule has 0 fully saturated rings. The molecule has 1 atom stereocenters. The largest absolute Gasteiger partial charge is 0.309 e. The fraction of sp³-hybridized carbons (Fsp3) is 0.500. The highest BCUT2D eigenvalue weighted by Gasteiger charge is 2.10. The van der Waals surface area contributed by atoms with Crippen molar-refractivity contribution < 1.29 is 0 Å². The van der Waals surface area contributed by atoms with Crippen LogP contribution in [0.1, 0.15) is 44.4 Å². The molecule has 1 nitrogen and oxygen atoms in total. The molecule has 2 aromatic rings. The Hall–Kier alpha value is -0.570. The van der Waals surface area contributed by atoms with Gasteiger partial charge in [0.2, 0.25) is 0 Å². The van der Waals surface area contributed by atoms with E-state index < -0.39 is 0 Å². The van der Waals surface area contributed by atoms with Crippen molar-refractivity contribution in [3.63, 3.8) is 0 Å². The lowest BCUT2D eigenvalue weighted by molar-refractivity contribution is 0.489. The molecule has 1 aromatic carbocycles. The molecule has 19 heavy (non-hydrogen) atoms. The van der Waals surface area contributed by atoms with Gasteiger partial charge in [0.05, 0.1) is 5.02 Å². The molecule has 0 bridgehead atoms. The van der Waals surface area contributed by atoms with Gasteiger partial charge < -0.3 is 5.32 Å². The number of rotatable bonds is 7. The monoisotopic (exact) mass is 295 g/mol. The highest BCUT2D eigenvalue weighted by atomic mass is 35.5. The van der Waals surface area contributed by atoms with Crippen LogP contribution in [0.2, 0.25) is 5.02 Å². The fourth-order valence-electron chi connectivity index (χ4n) is 2.25. The molecule has 2 rings (SSSR count). The average Bonchev–Trinajstić information content (AvgIpc) is 2.74. The lowest BCUT2D eigenvalue weighted by Gasteiger charge is -2.12. The second-order valence-corrected chi connectivity index (χ2v) is 6.63. The van der Waals surface area contributed by atoms with Crippen LogP contribution in [0.15, 0.2) is 24.3 Å². The maximum absolute atomic E-state index is 6.44. The zero-order chi connectivity index (χ0) is 13.7. The summed E-state index contributed by atoms with van der Waals surface area (Å²) in [6.45, 7) is 5.39. The summed E-state index contributed by atoms with van der Waals surface area (Å²) in [5, 5.41) is 5.70. The first-order valence-electron chi connectivity index (χ1n) is 7.11. The molecule has 3 heteroatoms. The first-order valence-corrected chi connectivity index (χ1v) is 8.31. The minimum Gasteiger partial charge on any atom is -0.309 e. The Morgan fingerprint density at radius 3 is 2.79 bits per heavy atom. The van der Waals surface area contributed by atoms with E-state index in [9.17, 15) is 0 Å². The van der Waals surface area contributed by atoms with Gasteiger partial charge in [0, 0.05) is 27.5 Å². The third kappa shape index (κ3) is 3.95. The summed E-state index contributed by atoms with van der Waals surface area (Å²) < 4.78 is 1.28. The van der Waals surface area contributed by atoms with Crippen LogP contribution in [0.5, 0.6) is 0 Å². The van der Waals surface area contributed by atoms with Crippen LogP contribution in [0.25, 0.3) is 10.1 Å². The molecule has 0 saturated heterocycles. The Kier molecular flexibility index (Phi) is 5.68. The molecular formula is C16H22ClNS. The summed E-state index contributed by atoms with van der Waals surface area (Å²) in [7, 11) is 0. The molecule has 0 aliphatic rings. The van der Waals surface area contributed by atoms with Gasteiger partial charge >= 0.3 is 0 Å². The third-order valence-corrected chi connectivity index (χ3v) is 5.17. The second-order valence-electron chi connectivity index (χ2n) is 5.11. The van der Waals surface area contributed by atoms with E-state index in [1.54, 1.807) is 11.3 Å². The molecule has 0 aliphatic heterocycles. The lowest BCUT2D eigenvalue weighted by atomic mass is 10.1. The number of unbranched alkanes of at least 4 members (excludes halogenated alkanes) is 2. The van der Waals surface area contributed by atoms with Crippen molar-refractivity contribution in [3.05, 3.63) is 34.2 Å². The molecular weight excluding hydrogens is 274 g/mol. The fourth-order valence-corrected chi connectivity index (χ4v) is 3.70. The predicted octanol–water partition coefficient (Wildman–Crippen LogP) is 5.61. The van der Waals surface area contributed by atoms with Crippen LogP contribution >= 0.6 is 22.9 Å². The molecule has 1 heterocycles. The topological polar surface area (TPSA) is 12.0 Å². The zero-order valence-corrected chi connectivity index (χ0v) is 13.3. The number of nitrogens with one attached hydrogen (secondary N) is 1. The summed E-state index contributed by atoms with van der Waals surface area (Å²) in [4.78, 5) is 1.25. The molecule has 0 spiro atoms. The van der Waals surface area contributed by atoms with Gasteiger partial charge in [-0.3, -0.25) is 0 Å². The standard InChI is InChI=1S/C16H22ClNS/c1-3-4-5-8-12(2)18-11-15-16(17)13-9-6-7-10-14(13)19-15/h6-7,9-10,12,18H,3-5,8,11H2,1-2H3. The predicted molar refractivity (Wildman–Crippen MR) is 87.3 cm³/mol. The van der Waals surface area contributed by atoms with Crippen molar-refractivity contribution in [2.24, 2.45) is 0 Å². The van der Waals surface area contributed by atoms with Gasteiger partial charge in [-0.25, -0.2) is 0 Å². The lowest BCUT2D eigenvalue weighted by Crippen LogP contribution is -2.24. The van der Waals surface area contributed by atoms with Crippen molar-refractivity contribution in [1.29, 1.82) is 0 Å². The summed E-state index contributed by atoms with van der Waals surface area (Å²) in [5.74, 6) is 0. The van der Waals surface area contributed by atoms with Gasteiger partial charge in [-0.05, 0) is 19.4 Å². The van der Waals surface area contributed by atoms with E-state index in [1.165, 1.54) is 40.6 Å². The van der Waals surface area contributed by atoms with Gasteiger partial charge in [-0.1, -0.05) is 56.0 Å². The van der Waals surface area contributed by atoms with Crippen molar-refractivity contribution in [2.45, 2.75) is 52.1 Å². The highest BCUT2D eigenvalue weighted by Crippen LogP contribution is 2.35. The van der Waals surface area contributed by atoms with E-state index in [4.69, 9.17) is 11.6 Å². The Morgan fingerprint density at radius 2 is 2.05 bits per heavy atom. The number of benzene rings is 1. The van der Waals surface area contributed by atoms with Crippen LogP contribution in [0, 0.1) is 0 Å². The van der Waals surface area contributed by atoms with Gasteiger partial charge in [-0.2, -0.15) is 0 Å². The molecule has 0 amide bonds. The number of thiophene rings is 1. The second kappa shape index (κ2) is 7.28. The van der Waals surface area contributed by atoms with E-state index in [0.717, 1.165) is 11.6 Å². The summed E-state index contributed by atoms with van der Waals surface area (Å²) in [5.41, 5.74) is 0. The summed E-state index contributed by atoms with van der Waals surface area (Å²) in [6.07, 6.45) is 5.17. The van der Waals surface area contributed by atoms with Crippen molar-refractivity contribution in [1.82, 2.24) is 5.32 Å². The smallest absolute Gasteiger partial charge is 0.0636 e. The Balaban J connectivity index is 1.92. The molecule has 1 unspecified atom stereocenters. The Bertz CT molecular complexity index is 520. The third-order valence-electron chi connectivity index (χ3n) is 3.45. The molecule has 0 aliphatic carbocycles. The van der Waals surface area contributed by atoms with Crippen LogP contribution in [-0.4, -0.2) is 6.04 Å². The first kappa shape index (κ1) is 14.8. The number of fused-ring (bicyclic) bond motifs is 1. The van der Waals surface area contributed by atoms with Gasteiger partial charge in [0.1, 0.15) is 0 Å². The van der Waals surface area contributed by atoms with Crippen LogP contribution in [-0.2, 0) is 6.54 Å². The minimum atomic E-state index is 0.563. The van der Waals surface area contributed by atoms with E-state index in [1.807, 2.05) is 6.07 Å². The molecule has 0 saturated carbocycles. The molecule has 104 valence electrons. The maximum Gasteiger partial charge on any atom is 0.0636 e. The zero-order valence-electron chi connectivity index (χ0n) is 11.7. The van der Waals surface area contributed by atoms with Crippen molar-refractivity contribution in [3.8, 4) is 0 Å². The van der Waals surface area contributed by atoms with Crippen LogP contribution in [0.4, 0.5) is 0 Å². The Morgan fingerprint density at radius 1 is 1.26 bits per heavy atom. The normalized spacial score (nSPS) is 13.0. The number of hydrogen-bond donors (Lipinski definition) is 1. The maximum atomic E-state index is 6.44. The van der Waals surface area contributed by atoms with E-state index in [2.05, 4.69) is 37.4 Å². The molecule has 1 N–H and O–H groups in total. The molecule has 0 radical (unpaired) electrons.